The molecule has 17 heteroatoms. The normalized spacial score (nSPS) is 25.7. The summed E-state index contributed by atoms with van der Waals surface area (Å²) in [6, 6.07) is -2.05. The maximum Gasteiger partial charge on any atom is 0.320 e. The molecule has 0 radical (unpaired) electrons. The third-order valence-electron chi connectivity index (χ3n) is 7.47. The molecule has 3 heterocycles. The maximum atomic E-state index is 14.5. The van der Waals surface area contributed by atoms with Gasteiger partial charge in [-0.2, -0.15) is 8.78 Å². The van der Waals surface area contributed by atoms with Crippen LogP contribution < -0.4 is 10.6 Å². The molecule has 3 amide bonds. The Morgan fingerprint density at radius 2 is 1.95 bits per heavy atom. The lowest BCUT2D eigenvalue weighted by Gasteiger charge is -2.32. The molecule has 3 aliphatic heterocycles. The molecule has 3 aliphatic rings. The van der Waals surface area contributed by atoms with Crippen molar-refractivity contribution in [3.8, 4) is 0 Å². The molecule has 5 N–H and O–H groups in total. The van der Waals surface area contributed by atoms with Crippen molar-refractivity contribution in [2.45, 2.75) is 75.5 Å². The van der Waals surface area contributed by atoms with Gasteiger partial charge in [-0.25, -0.2) is 4.99 Å². The molecule has 44 heavy (non-hydrogen) atoms. The van der Waals surface area contributed by atoms with Crippen LogP contribution in [0.15, 0.2) is 29.7 Å². The minimum Gasteiger partial charge on any atom is -0.469 e. The van der Waals surface area contributed by atoms with E-state index in [1.54, 1.807) is 0 Å². The Morgan fingerprint density at radius 1 is 1.25 bits per heavy atom. The Hall–Kier alpha value is -3.80. The fraction of sp³-hybridized carbons (Fsp3) is 0.630. The van der Waals surface area contributed by atoms with Crippen molar-refractivity contribution in [3.05, 3.63) is 24.7 Å². The van der Waals surface area contributed by atoms with Crippen molar-refractivity contribution in [3.63, 3.8) is 0 Å². The van der Waals surface area contributed by atoms with Crippen LogP contribution in [-0.2, 0) is 33.4 Å². The topological polar surface area (TPSA) is 207 Å². The number of carbonyl (C=O) groups is 5. The van der Waals surface area contributed by atoms with Gasteiger partial charge in [0.1, 0.15) is 35.6 Å². The molecular weight excluding hydrogens is 592 g/mol. The fourth-order valence-electron chi connectivity index (χ4n) is 4.99. The summed E-state index contributed by atoms with van der Waals surface area (Å²) in [6.07, 6.45) is -3.36. The number of hydrogen-bond donors (Lipinski definition) is 5. The van der Waals surface area contributed by atoms with Crippen LogP contribution in [0.5, 0.6) is 0 Å². The van der Waals surface area contributed by atoms with Gasteiger partial charge in [-0.1, -0.05) is 6.58 Å². The van der Waals surface area contributed by atoms with Crippen molar-refractivity contribution in [1.29, 1.82) is 0 Å². The average molecular weight is 630 g/mol. The van der Waals surface area contributed by atoms with Crippen LogP contribution in [0.25, 0.3) is 0 Å². The van der Waals surface area contributed by atoms with Crippen LogP contribution in [-0.4, -0.2) is 124 Å². The number of hydrogen-bond acceptors (Lipinski definition) is 12. The lowest BCUT2D eigenvalue weighted by molar-refractivity contribution is -0.148. The lowest BCUT2D eigenvalue weighted by Crippen LogP contribution is -2.54. The first-order valence-corrected chi connectivity index (χ1v) is 13.9. The van der Waals surface area contributed by atoms with E-state index in [4.69, 9.17) is 4.74 Å². The second kappa shape index (κ2) is 14.8. The van der Waals surface area contributed by atoms with Gasteiger partial charge in [0.15, 0.2) is 6.10 Å². The second-order valence-electron chi connectivity index (χ2n) is 10.6. The Balaban J connectivity index is 1.56. The number of aliphatic hydroxyl groups is 3. The van der Waals surface area contributed by atoms with E-state index < -0.39 is 85.0 Å². The summed E-state index contributed by atoms with van der Waals surface area (Å²) < 4.78 is 38.6. The van der Waals surface area contributed by atoms with E-state index in [0.29, 0.717) is 12.8 Å². The average Bonchev–Trinajstić information content (AvgIpc) is 3.57. The van der Waals surface area contributed by atoms with Gasteiger partial charge in [0.25, 0.3) is 0 Å². The van der Waals surface area contributed by atoms with Gasteiger partial charge in [0.05, 0.1) is 32.7 Å². The van der Waals surface area contributed by atoms with E-state index in [1.165, 1.54) is 25.0 Å². The zero-order valence-corrected chi connectivity index (χ0v) is 24.3. The first-order chi connectivity index (χ1) is 20.7. The lowest BCUT2D eigenvalue weighted by atomic mass is 9.99. The highest BCUT2D eigenvalue weighted by molar-refractivity contribution is 6.07. The zero-order valence-electron chi connectivity index (χ0n) is 24.3. The number of nitrogens with zero attached hydrogens (tertiary/aromatic N) is 3. The molecule has 0 aliphatic carbocycles. The third kappa shape index (κ3) is 7.82. The molecule has 0 aromatic heterocycles. The number of aliphatic imine (C=N–C) groups is 1. The summed E-state index contributed by atoms with van der Waals surface area (Å²) in [6.45, 7) is 3.71. The SMILES string of the molecule is C=C1N=C(NC(=O)[C@@H]2CCCN2C(=O)[C@@H](C)NC(=O)[C@H](CO)CC(=O)CCC(=O)OC)C=CN1C1OC(CO)C(O)C1(F)F. The molecule has 2 saturated heterocycles. The molecule has 0 saturated carbocycles. The molecule has 15 nitrogen and oxygen atoms in total. The van der Waals surface area contributed by atoms with E-state index in [0.717, 1.165) is 11.1 Å². The van der Waals surface area contributed by atoms with Crippen LogP contribution in [0.4, 0.5) is 8.78 Å². The molecule has 0 aromatic carbocycles. The first kappa shape index (κ1) is 34.7. The highest BCUT2D eigenvalue weighted by Crippen LogP contribution is 2.39. The largest absolute Gasteiger partial charge is 0.469 e. The number of amidine groups is 1. The molecule has 6 atom stereocenters. The quantitative estimate of drug-likeness (QED) is 0.158. The van der Waals surface area contributed by atoms with Crippen LogP contribution in [0.1, 0.15) is 39.0 Å². The van der Waals surface area contributed by atoms with Crippen LogP contribution >= 0.6 is 0 Å². The summed E-state index contributed by atoms with van der Waals surface area (Å²) in [5.41, 5.74) is 0. The van der Waals surface area contributed by atoms with Gasteiger partial charge in [-0.05, 0) is 25.8 Å². The molecule has 3 rings (SSSR count). The number of halogens is 2. The van der Waals surface area contributed by atoms with E-state index in [9.17, 15) is 48.1 Å². The molecular formula is C27H37F2N5O10. The number of Topliss-reactive ketones (excluding diaryl/α,β-unsaturated/α-hetero) is 1. The Labute approximate surface area is 251 Å². The van der Waals surface area contributed by atoms with Gasteiger partial charge in [0.2, 0.25) is 23.9 Å². The summed E-state index contributed by atoms with van der Waals surface area (Å²) in [7, 11) is 1.18. The summed E-state index contributed by atoms with van der Waals surface area (Å²) in [5.74, 6) is -8.20. The molecule has 2 fully saturated rings. The fourth-order valence-corrected chi connectivity index (χ4v) is 4.99. The molecule has 0 bridgehead atoms. The van der Waals surface area contributed by atoms with E-state index >= 15 is 0 Å². The minimum absolute atomic E-state index is 0.0554. The van der Waals surface area contributed by atoms with Crippen molar-refractivity contribution in [2.24, 2.45) is 10.9 Å². The van der Waals surface area contributed by atoms with Crippen LogP contribution in [0.2, 0.25) is 0 Å². The Bertz CT molecular complexity index is 1210. The Morgan fingerprint density at radius 3 is 2.55 bits per heavy atom. The number of amides is 3. The smallest absolute Gasteiger partial charge is 0.320 e. The predicted octanol–water partition coefficient (Wildman–Crippen LogP) is -1.47. The van der Waals surface area contributed by atoms with Gasteiger partial charge >= 0.3 is 11.9 Å². The number of rotatable bonds is 12. The van der Waals surface area contributed by atoms with Crippen molar-refractivity contribution >= 4 is 35.3 Å². The minimum atomic E-state index is -3.76. The number of alkyl halides is 2. The predicted molar refractivity (Wildman–Crippen MR) is 146 cm³/mol. The van der Waals surface area contributed by atoms with Crippen LogP contribution in [0.3, 0.4) is 0 Å². The monoisotopic (exact) mass is 629 g/mol. The maximum absolute atomic E-state index is 14.5. The van der Waals surface area contributed by atoms with E-state index in [1.807, 2.05) is 0 Å². The number of esters is 1. The van der Waals surface area contributed by atoms with Crippen molar-refractivity contribution in [1.82, 2.24) is 20.4 Å². The van der Waals surface area contributed by atoms with Gasteiger partial charge in [-0.15, -0.1) is 0 Å². The van der Waals surface area contributed by atoms with Crippen molar-refractivity contribution in [2.75, 3.05) is 26.9 Å². The number of likely N-dealkylation sites (tertiary alicyclic amines) is 1. The number of carbonyl (C=O) groups excluding carboxylic acids is 5. The zero-order chi connectivity index (χ0) is 32.8. The first-order valence-electron chi connectivity index (χ1n) is 13.9. The summed E-state index contributed by atoms with van der Waals surface area (Å²) in [5, 5.41) is 33.6. The number of aliphatic hydroxyl groups excluding tert-OH is 3. The van der Waals surface area contributed by atoms with Gasteiger partial charge < -0.3 is 45.2 Å². The highest BCUT2D eigenvalue weighted by Gasteiger charge is 2.60. The van der Waals surface area contributed by atoms with Crippen LogP contribution in [0, 0.1) is 5.92 Å². The van der Waals surface area contributed by atoms with Gasteiger partial charge in [-0.3, -0.25) is 24.0 Å². The standard InChI is InChI=1S/C27H37F2N5O10/c1-14(30-23(40)16(12-35)11-17(37)6-7-21(38)43-3)25(42)34-9-4-5-18(34)24(41)32-20-8-10-33(15(2)31-20)26-27(28,29)22(39)19(13-36)44-26/h8,10,14,16,18-19,22,26,35-36,39H,2,4-7,9,11-13H2,1,3H3,(H,30,40)(H,31,32,41)/t14-,16+,18+,19?,22?,26?/m1/s1. The number of nitrogens with one attached hydrogen (secondary N) is 2. The molecule has 0 aromatic rings. The van der Waals surface area contributed by atoms with E-state index in [2.05, 4.69) is 26.9 Å². The van der Waals surface area contributed by atoms with Crippen molar-refractivity contribution < 1.29 is 57.5 Å². The van der Waals surface area contributed by atoms with E-state index in [-0.39, 0.29) is 37.5 Å². The summed E-state index contributed by atoms with van der Waals surface area (Å²) in [4.78, 5) is 68.4. The molecule has 244 valence electrons. The highest BCUT2D eigenvalue weighted by atomic mass is 19.3. The summed E-state index contributed by atoms with van der Waals surface area (Å²) >= 11 is 0. The third-order valence-corrected chi connectivity index (χ3v) is 7.47. The van der Waals surface area contributed by atoms with Gasteiger partial charge in [0, 0.05) is 25.6 Å². The molecule has 3 unspecified atom stereocenters. The number of methoxy groups -OCH3 is 1. The second-order valence-corrected chi connectivity index (χ2v) is 10.6. The number of ketones is 1. The number of ether oxygens (including phenoxy) is 2. The molecule has 0 spiro atoms. The Kier molecular flexibility index (Phi) is 11.7.